The second kappa shape index (κ2) is 3.79. The number of hydrogen-bond donors (Lipinski definition) is 0. The molecule has 3 aromatic rings. The molecule has 4 heteroatoms. The van der Waals surface area contributed by atoms with Crippen molar-refractivity contribution in [3.63, 3.8) is 0 Å². The molecule has 3 nitrogen and oxygen atoms in total. The lowest BCUT2D eigenvalue weighted by Gasteiger charge is -1.91. The van der Waals surface area contributed by atoms with E-state index in [1.807, 2.05) is 6.07 Å². The first kappa shape index (κ1) is 10.2. The molecular formula is C13H7ClN2O. The summed E-state index contributed by atoms with van der Waals surface area (Å²) in [6.45, 7) is 0. The van der Waals surface area contributed by atoms with Crippen LogP contribution in [0.15, 0.2) is 47.3 Å². The predicted molar refractivity (Wildman–Crippen MR) is 68.3 cm³/mol. The van der Waals surface area contributed by atoms with E-state index >= 15 is 0 Å². The fraction of sp³-hybridized carbons (Fsp3) is 0. The number of nitrogens with zero attached hydrogens (tertiary/aromatic N) is 2. The lowest BCUT2D eigenvalue weighted by atomic mass is 10.2. The van der Waals surface area contributed by atoms with Gasteiger partial charge in [-0.05, 0) is 30.3 Å². The summed E-state index contributed by atoms with van der Waals surface area (Å²) < 4.78 is 0. The summed E-state index contributed by atoms with van der Waals surface area (Å²) in [6.07, 6.45) is 0. The van der Waals surface area contributed by atoms with Crippen molar-refractivity contribution < 1.29 is 0 Å². The standard InChI is InChI=1S/C13H7ClN2O/c14-8-5-6-11-12(7-8)16-13(17)9-3-1-2-4-10(9)15-11/h1-7H. The molecule has 0 radical (unpaired) electrons. The number of rotatable bonds is 0. The van der Waals surface area contributed by atoms with Crippen LogP contribution in [0.2, 0.25) is 5.02 Å². The molecule has 0 saturated carbocycles. The summed E-state index contributed by atoms with van der Waals surface area (Å²) in [4.78, 5) is 20.4. The molecule has 0 N–H and O–H groups in total. The number of para-hydroxylation sites is 1. The van der Waals surface area contributed by atoms with Crippen molar-refractivity contribution in [3.8, 4) is 0 Å². The Hall–Kier alpha value is -2.00. The van der Waals surface area contributed by atoms with E-state index in [9.17, 15) is 4.79 Å². The fourth-order valence-electron chi connectivity index (χ4n) is 1.73. The van der Waals surface area contributed by atoms with Gasteiger partial charge in [-0.15, -0.1) is 0 Å². The van der Waals surface area contributed by atoms with Crippen LogP contribution in [0, 0.1) is 0 Å². The van der Waals surface area contributed by atoms with E-state index in [2.05, 4.69) is 9.97 Å². The summed E-state index contributed by atoms with van der Waals surface area (Å²) in [7, 11) is 0. The molecule has 0 fully saturated rings. The van der Waals surface area contributed by atoms with Crippen LogP contribution in [0.5, 0.6) is 0 Å². The molecule has 1 heterocycles. The van der Waals surface area contributed by atoms with Crippen LogP contribution in [-0.4, -0.2) is 9.97 Å². The van der Waals surface area contributed by atoms with Gasteiger partial charge < -0.3 is 0 Å². The predicted octanol–water partition coefficient (Wildman–Crippen LogP) is 2.80. The maximum Gasteiger partial charge on any atom is 0.279 e. The number of benzene rings is 2. The SMILES string of the molecule is O=c1nc2cc(Cl)ccc2nc2ccccc12. The van der Waals surface area contributed by atoms with Crippen LogP contribution in [-0.2, 0) is 0 Å². The Kier molecular flexibility index (Phi) is 2.27. The highest BCUT2D eigenvalue weighted by atomic mass is 35.5. The first-order valence-electron chi connectivity index (χ1n) is 5.10. The number of aromatic nitrogens is 2. The third-order valence-electron chi connectivity index (χ3n) is 2.53. The minimum Gasteiger partial charge on any atom is -0.267 e. The first-order valence-corrected chi connectivity index (χ1v) is 5.48. The van der Waals surface area contributed by atoms with Gasteiger partial charge in [-0.2, -0.15) is 0 Å². The minimum atomic E-state index is -0.287. The molecule has 0 amide bonds. The zero-order valence-corrected chi connectivity index (χ0v) is 9.48. The highest BCUT2D eigenvalue weighted by Crippen LogP contribution is 2.16. The van der Waals surface area contributed by atoms with E-state index in [1.165, 1.54) is 0 Å². The molecule has 0 bridgehead atoms. The number of halogens is 1. The molecule has 0 aliphatic carbocycles. The monoisotopic (exact) mass is 242 g/mol. The van der Waals surface area contributed by atoms with Crippen molar-refractivity contribution >= 4 is 33.5 Å². The molecule has 0 aliphatic heterocycles. The third-order valence-corrected chi connectivity index (χ3v) is 2.77. The van der Waals surface area contributed by atoms with Crippen LogP contribution in [0.25, 0.3) is 21.9 Å². The van der Waals surface area contributed by atoms with Gasteiger partial charge in [0.2, 0.25) is 0 Å². The van der Waals surface area contributed by atoms with Gasteiger partial charge in [-0.1, -0.05) is 23.7 Å². The second-order valence-electron chi connectivity index (χ2n) is 3.68. The molecule has 0 aliphatic rings. The smallest absolute Gasteiger partial charge is 0.267 e. The summed E-state index contributed by atoms with van der Waals surface area (Å²) in [5.41, 5.74) is 1.53. The molecule has 0 saturated heterocycles. The lowest BCUT2D eigenvalue weighted by Crippen LogP contribution is -2.01. The van der Waals surface area contributed by atoms with Crippen LogP contribution in [0.4, 0.5) is 0 Å². The van der Waals surface area contributed by atoms with Crippen molar-refractivity contribution in [1.82, 2.24) is 9.97 Å². The Morgan fingerprint density at radius 1 is 0.882 bits per heavy atom. The highest BCUT2D eigenvalue weighted by Gasteiger charge is 2.02. The maximum absolute atomic E-state index is 11.9. The molecule has 3 rings (SSSR count). The normalized spacial score (nSPS) is 10.9. The van der Waals surface area contributed by atoms with Gasteiger partial charge in [0, 0.05) is 5.02 Å². The Bertz CT molecular complexity index is 786. The zero-order chi connectivity index (χ0) is 11.8. The molecule has 1 aromatic heterocycles. The summed E-state index contributed by atoms with van der Waals surface area (Å²) in [5.74, 6) is 0. The van der Waals surface area contributed by atoms with Crippen molar-refractivity contribution in [1.29, 1.82) is 0 Å². The molecular weight excluding hydrogens is 236 g/mol. The van der Waals surface area contributed by atoms with Gasteiger partial charge in [0.05, 0.1) is 21.9 Å². The van der Waals surface area contributed by atoms with Crippen molar-refractivity contribution in [2.45, 2.75) is 0 Å². The second-order valence-corrected chi connectivity index (χ2v) is 4.12. The molecule has 17 heavy (non-hydrogen) atoms. The van der Waals surface area contributed by atoms with Crippen LogP contribution < -0.4 is 5.56 Å². The zero-order valence-electron chi connectivity index (χ0n) is 8.72. The average molecular weight is 243 g/mol. The molecule has 0 spiro atoms. The molecule has 2 aromatic carbocycles. The largest absolute Gasteiger partial charge is 0.279 e. The maximum atomic E-state index is 11.9. The van der Waals surface area contributed by atoms with E-state index in [-0.39, 0.29) is 5.56 Å². The van der Waals surface area contributed by atoms with E-state index in [0.717, 1.165) is 0 Å². The van der Waals surface area contributed by atoms with Crippen LogP contribution in [0.3, 0.4) is 0 Å². The molecule has 0 atom stereocenters. The van der Waals surface area contributed by atoms with Gasteiger partial charge in [-0.25, -0.2) is 9.97 Å². The van der Waals surface area contributed by atoms with Gasteiger partial charge in [0.15, 0.2) is 0 Å². The number of fused-ring (bicyclic) bond motifs is 2. The van der Waals surface area contributed by atoms with Gasteiger partial charge in [-0.3, -0.25) is 4.79 Å². The molecule has 0 unspecified atom stereocenters. The Morgan fingerprint density at radius 2 is 1.71 bits per heavy atom. The minimum absolute atomic E-state index is 0.287. The lowest BCUT2D eigenvalue weighted by molar-refractivity contribution is 1.35. The Morgan fingerprint density at radius 3 is 2.59 bits per heavy atom. The van der Waals surface area contributed by atoms with Crippen LogP contribution >= 0.6 is 11.6 Å². The van der Waals surface area contributed by atoms with Crippen LogP contribution in [0.1, 0.15) is 0 Å². The van der Waals surface area contributed by atoms with E-state index < -0.39 is 0 Å². The van der Waals surface area contributed by atoms with E-state index in [0.29, 0.717) is 27.0 Å². The summed E-state index contributed by atoms with van der Waals surface area (Å²) in [5, 5.41) is 1.06. The van der Waals surface area contributed by atoms with Gasteiger partial charge in [0.25, 0.3) is 5.56 Å². The fourth-order valence-corrected chi connectivity index (χ4v) is 1.90. The van der Waals surface area contributed by atoms with E-state index in [4.69, 9.17) is 11.6 Å². The van der Waals surface area contributed by atoms with E-state index in [1.54, 1.807) is 36.4 Å². The number of hydrogen-bond acceptors (Lipinski definition) is 3. The Labute approximate surface area is 102 Å². The van der Waals surface area contributed by atoms with Crippen molar-refractivity contribution in [2.75, 3.05) is 0 Å². The highest BCUT2D eigenvalue weighted by molar-refractivity contribution is 6.31. The summed E-state index contributed by atoms with van der Waals surface area (Å²) >= 11 is 5.88. The summed E-state index contributed by atoms with van der Waals surface area (Å²) in [6, 6.07) is 12.3. The first-order chi connectivity index (χ1) is 8.24. The van der Waals surface area contributed by atoms with Crippen molar-refractivity contribution in [3.05, 3.63) is 57.8 Å². The Balaban J connectivity index is 2.61. The van der Waals surface area contributed by atoms with Gasteiger partial charge >= 0.3 is 0 Å². The van der Waals surface area contributed by atoms with Gasteiger partial charge in [0.1, 0.15) is 0 Å². The van der Waals surface area contributed by atoms with Crippen molar-refractivity contribution in [2.24, 2.45) is 0 Å². The average Bonchev–Trinajstić information content (AvgIpc) is 2.46. The molecule has 82 valence electrons. The topological polar surface area (TPSA) is 42.9 Å². The third kappa shape index (κ3) is 1.74. The quantitative estimate of drug-likeness (QED) is 0.609.